The summed E-state index contributed by atoms with van der Waals surface area (Å²) in [4.78, 5) is 13.4. The minimum Gasteiger partial charge on any atom is -0.440 e. The fourth-order valence-corrected chi connectivity index (χ4v) is 6.59. The maximum atomic E-state index is 6.37. The first kappa shape index (κ1) is 32.5. The van der Waals surface area contributed by atoms with E-state index >= 15 is 0 Å². The third kappa shape index (κ3) is 6.67. The predicted octanol–water partition coefficient (Wildman–Crippen LogP) is 13.3. The molecule has 0 N–H and O–H groups in total. The molecule has 54 heavy (non-hydrogen) atoms. The van der Waals surface area contributed by atoms with Gasteiger partial charge in [-0.3, -0.25) is 9.80 Å². The average Bonchev–Trinajstić information content (AvgIpc) is 3.95. The first-order valence-corrected chi connectivity index (χ1v) is 17.8. The Bertz CT molecular complexity index is 2380. The molecule has 5 aromatic carbocycles. The van der Waals surface area contributed by atoms with Crippen LogP contribution in [-0.4, -0.2) is 9.97 Å². The zero-order valence-electron chi connectivity index (χ0n) is 29.2. The normalized spacial score (nSPS) is 11.0. The van der Waals surface area contributed by atoms with Gasteiger partial charge in [-0.1, -0.05) is 121 Å². The van der Waals surface area contributed by atoms with Gasteiger partial charge in [-0.25, -0.2) is 9.97 Å². The highest BCUT2D eigenvalue weighted by atomic mass is 16.4. The molecule has 0 aliphatic heterocycles. The van der Waals surface area contributed by atoms with Crippen LogP contribution in [0, 0.1) is 0 Å². The number of benzene rings is 5. The number of pyridine rings is 2. The molecule has 0 saturated carbocycles. The Morgan fingerprint density at radius 3 is 1.00 bits per heavy atom. The monoisotopic (exact) mass is 698 g/mol. The van der Waals surface area contributed by atoms with Gasteiger partial charge in [-0.05, 0) is 82.9 Å². The van der Waals surface area contributed by atoms with Crippen LogP contribution >= 0.6 is 0 Å². The van der Waals surface area contributed by atoms with Crippen molar-refractivity contribution in [2.24, 2.45) is 0 Å². The van der Waals surface area contributed by atoms with Gasteiger partial charge in [0.2, 0.25) is 11.8 Å². The van der Waals surface area contributed by atoms with Crippen molar-refractivity contribution >= 4 is 34.8 Å². The summed E-state index contributed by atoms with van der Waals surface area (Å²) in [6.45, 7) is 0. The lowest BCUT2D eigenvalue weighted by atomic mass is 10.00. The quantitative estimate of drug-likeness (QED) is 0.142. The van der Waals surface area contributed by atoms with Gasteiger partial charge in [0.1, 0.15) is 23.2 Å². The van der Waals surface area contributed by atoms with E-state index < -0.39 is 0 Å². The maximum Gasteiger partial charge on any atom is 0.206 e. The van der Waals surface area contributed by atoms with E-state index in [0.29, 0.717) is 11.8 Å². The van der Waals surface area contributed by atoms with Crippen molar-refractivity contribution in [3.63, 3.8) is 0 Å². The van der Waals surface area contributed by atoms with Crippen LogP contribution in [0.5, 0.6) is 0 Å². The van der Waals surface area contributed by atoms with Crippen LogP contribution in [0.1, 0.15) is 0 Å². The lowest BCUT2D eigenvalue weighted by Crippen LogP contribution is -2.10. The maximum absolute atomic E-state index is 6.37. The number of aromatic nitrogens is 2. The second kappa shape index (κ2) is 14.7. The van der Waals surface area contributed by atoms with Crippen molar-refractivity contribution in [2.75, 3.05) is 9.80 Å². The minimum atomic E-state index is 0.694. The van der Waals surface area contributed by atoms with Crippen LogP contribution in [0.2, 0.25) is 0 Å². The van der Waals surface area contributed by atoms with Gasteiger partial charge < -0.3 is 8.83 Å². The SMILES string of the molecule is c1ccc(-c2ccc(N(c3ccc(-c4ccc(-c5ccc(N(c6ccccn6)c6ccc(-c7ccccc7)o6)cc5)cc4)cc3)c3ccccn3)o2)cc1. The van der Waals surface area contributed by atoms with Crippen molar-refractivity contribution in [1.82, 2.24) is 9.97 Å². The Kier molecular flexibility index (Phi) is 8.81. The lowest BCUT2D eigenvalue weighted by Gasteiger charge is -2.21. The number of anilines is 6. The van der Waals surface area contributed by atoms with Crippen molar-refractivity contribution in [2.45, 2.75) is 0 Å². The molecule has 6 nitrogen and oxygen atoms in total. The molecule has 0 fully saturated rings. The number of hydrogen-bond donors (Lipinski definition) is 0. The van der Waals surface area contributed by atoms with Crippen molar-refractivity contribution in [3.8, 4) is 44.9 Å². The molecule has 0 spiro atoms. The molecule has 0 saturated heterocycles. The summed E-state index contributed by atoms with van der Waals surface area (Å²) in [5.74, 6) is 4.55. The molecule has 0 aliphatic carbocycles. The molecule has 0 unspecified atom stereocenters. The fraction of sp³-hybridized carbons (Fsp3) is 0. The molecule has 0 atom stereocenters. The number of rotatable bonds is 10. The molecular formula is C48H34N4O2. The van der Waals surface area contributed by atoms with Gasteiger partial charge in [0.15, 0.2) is 0 Å². The van der Waals surface area contributed by atoms with Crippen LogP contribution in [0.25, 0.3) is 44.9 Å². The highest BCUT2D eigenvalue weighted by molar-refractivity contribution is 5.78. The average molecular weight is 699 g/mol. The molecule has 0 radical (unpaired) electrons. The first-order chi connectivity index (χ1) is 26.8. The van der Waals surface area contributed by atoms with Crippen molar-refractivity contribution in [1.29, 1.82) is 0 Å². The van der Waals surface area contributed by atoms with Crippen LogP contribution < -0.4 is 9.80 Å². The number of furan rings is 2. The second-order valence-corrected chi connectivity index (χ2v) is 12.7. The van der Waals surface area contributed by atoms with Crippen LogP contribution in [0.4, 0.5) is 34.8 Å². The van der Waals surface area contributed by atoms with Gasteiger partial charge in [0.05, 0.1) is 11.4 Å². The molecule has 0 bridgehead atoms. The van der Waals surface area contributed by atoms with Crippen LogP contribution in [0.3, 0.4) is 0 Å². The Morgan fingerprint density at radius 2 is 0.648 bits per heavy atom. The van der Waals surface area contributed by atoms with E-state index in [0.717, 1.165) is 67.9 Å². The van der Waals surface area contributed by atoms with Crippen molar-refractivity contribution < 1.29 is 8.83 Å². The van der Waals surface area contributed by atoms with Crippen LogP contribution in [0.15, 0.2) is 215 Å². The zero-order chi connectivity index (χ0) is 36.1. The van der Waals surface area contributed by atoms with Gasteiger partial charge in [0, 0.05) is 35.7 Å². The zero-order valence-corrected chi connectivity index (χ0v) is 29.2. The number of hydrogen-bond acceptors (Lipinski definition) is 6. The topological polar surface area (TPSA) is 58.5 Å². The summed E-state index contributed by atoms with van der Waals surface area (Å²) in [5.41, 5.74) is 8.45. The second-order valence-electron chi connectivity index (χ2n) is 12.7. The van der Waals surface area contributed by atoms with Gasteiger partial charge in [-0.2, -0.15) is 0 Å². The lowest BCUT2D eigenvalue weighted by molar-refractivity contribution is 0.587. The van der Waals surface area contributed by atoms with E-state index in [9.17, 15) is 0 Å². The molecule has 6 heteroatoms. The third-order valence-electron chi connectivity index (χ3n) is 9.30. The Hall–Kier alpha value is -7.44. The largest absolute Gasteiger partial charge is 0.440 e. The van der Waals surface area contributed by atoms with Crippen LogP contribution in [-0.2, 0) is 0 Å². The summed E-state index contributed by atoms with van der Waals surface area (Å²) in [6, 6.07) is 65.6. The Balaban J connectivity index is 0.955. The van der Waals surface area contributed by atoms with E-state index in [-0.39, 0.29) is 0 Å². The first-order valence-electron chi connectivity index (χ1n) is 17.8. The minimum absolute atomic E-state index is 0.694. The standard InChI is InChI=1S/C48H34N4O2/c1-3-11-39(12-4-1)43-29-31-47(53-43)51(45-15-7-9-33-49-45)41-25-21-37(22-26-41)35-17-19-36(20-18-35)38-23-27-42(28-24-38)52(46-16-8-10-34-50-46)48-32-30-44(54-48)40-13-5-2-6-14-40/h1-34H. The fourth-order valence-electron chi connectivity index (χ4n) is 6.59. The van der Waals surface area contributed by atoms with Gasteiger partial charge in [0.25, 0.3) is 0 Å². The summed E-state index contributed by atoms with van der Waals surface area (Å²) in [7, 11) is 0. The van der Waals surface area contributed by atoms with Gasteiger partial charge >= 0.3 is 0 Å². The van der Waals surface area contributed by atoms with E-state index in [2.05, 4.69) is 82.8 Å². The molecule has 4 aromatic heterocycles. The molecule has 4 heterocycles. The van der Waals surface area contributed by atoms with Gasteiger partial charge in [-0.15, -0.1) is 0 Å². The Morgan fingerprint density at radius 1 is 0.296 bits per heavy atom. The molecule has 258 valence electrons. The third-order valence-corrected chi connectivity index (χ3v) is 9.30. The van der Waals surface area contributed by atoms with E-state index in [1.54, 1.807) is 12.4 Å². The highest BCUT2D eigenvalue weighted by Crippen LogP contribution is 2.39. The van der Waals surface area contributed by atoms with E-state index in [1.807, 2.05) is 131 Å². The summed E-state index contributed by atoms with van der Waals surface area (Å²) in [5, 5.41) is 0. The van der Waals surface area contributed by atoms with E-state index in [1.165, 1.54) is 0 Å². The Labute approximate surface area is 313 Å². The molecular weight excluding hydrogens is 665 g/mol. The number of nitrogens with zero attached hydrogens (tertiary/aromatic N) is 4. The molecule has 0 amide bonds. The van der Waals surface area contributed by atoms with E-state index in [4.69, 9.17) is 8.83 Å². The molecule has 9 aromatic rings. The summed E-state index contributed by atoms with van der Waals surface area (Å²) < 4.78 is 12.7. The smallest absolute Gasteiger partial charge is 0.206 e. The summed E-state index contributed by atoms with van der Waals surface area (Å²) in [6.07, 6.45) is 3.59. The highest BCUT2D eigenvalue weighted by Gasteiger charge is 2.19. The van der Waals surface area contributed by atoms with Crippen molar-refractivity contribution in [3.05, 3.63) is 207 Å². The molecule has 0 aliphatic rings. The summed E-state index contributed by atoms with van der Waals surface area (Å²) >= 11 is 0. The predicted molar refractivity (Wildman–Crippen MR) is 218 cm³/mol. The molecule has 9 rings (SSSR count).